The first-order chi connectivity index (χ1) is 17.6. The van der Waals surface area contributed by atoms with Gasteiger partial charge in [-0.1, -0.05) is 11.3 Å². The van der Waals surface area contributed by atoms with E-state index in [1.54, 1.807) is 17.5 Å². The molecule has 3 aliphatic rings. The van der Waals surface area contributed by atoms with Crippen molar-refractivity contribution in [2.24, 2.45) is 0 Å². The van der Waals surface area contributed by atoms with Crippen molar-refractivity contribution in [3.63, 3.8) is 0 Å². The number of nitrogens with zero attached hydrogens (tertiary/aromatic N) is 5. The van der Waals surface area contributed by atoms with Crippen LogP contribution in [0.1, 0.15) is 36.7 Å². The SMILES string of the molecule is Cc1cc(C2NC(C(=O)Nc3cc4sc(N5CCOCC5)nc4nc3N3CCCCC3)=CO2)ccn1. The number of thiazole rings is 1. The second-order valence-corrected chi connectivity index (χ2v) is 10.2. The number of carbonyl (C=O) groups is 1. The average Bonchev–Trinajstić information content (AvgIpc) is 3.57. The van der Waals surface area contributed by atoms with E-state index in [2.05, 4.69) is 25.4 Å². The molecule has 0 bridgehead atoms. The molecule has 0 aliphatic carbocycles. The number of aromatic nitrogens is 3. The Labute approximate surface area is 213 Å². The van der Waals surface area contributed by atoms with Gasteiger partial charge in [-0.25, -0.2) is 4.98 Å². The number of hydrogen-bond donors (Lipinski definition) is 2. The highest BCUT2D eigenvalue weighted by molar-refractivity contribution is 7.22. The number of pyridine rings is 2. The summed E-state index contributed by atoms with van der Waals surface area (Å²) in [6.07, 6.45) is 6.22. The predicted molar refractivity (Wildman–Crippen MR) is 139 cm³/mol. The lowest BCUT2D eigenvalue weighted by atomic mass is 10.1. The number of aryl methyl sites for hydroxylation is 1. The minimum absolute atomic E-state index is 0.263. The normalized spacial score (nSPS) is 20.1. The maximum Gasteiger partial charge on any atom is 0.275 e. The fraction of sp³-hybridized carbons (Fsp3) is 0.440. The Kier molecular flexibility index (Phi) is 6.32. The number of hydrogen-bond acceptors (Lipinski definition) is 10. The van der Waals surface area contributed by atoms with Crippen LogP contribution < -0.4 is 20.4 Å². The molecule has 2 fully saturated rings. The van der Waals surface area contributed by atoms with Crippen LogP contribution in [0.3, 0.4) is 0 Å². The van der Waals surface area contributed by atoms with Crippen molar-refractivity contribution >= 4 is 44.2 Å². The lowest BCUT2D eigenvalue weighted by Crippen LogP contribution is -2.36. The summed E-state index contributed by atoms with van der Waals surface area (Å²) in [4.78, 5) is 31.8. The third-order valence-corrected chi connectivity index (χ3v) is 7.67. The van der Waals surface area contributed by atoms with Gasteiger partial charge in [0.05, 0.1) is 23.6 Å². The molecule has 10 nitrogen and oxygen atoms in total. The van der Waals surface area contributed by atoms with E-state index in [1.807, 2.05) is 25.1 Å². The number of anilines is 3. The van der Waals surface area contributed by atoms with Gasteiger partial charge in [0.25, 0.3) is 5.91 Å². The summed E-state index contributed by atoms with van der Waals surface area (Å²) >= 11 is 1.60. The van der Waals surface area contributed by atoms with E-state index in [-0.39, 0.29) is 5.91 Å². The van der Waals surface area contributed by atoms with E-state index in [0.29, 0.717) is 24.6 Å². The van der Waals surface area contributed by atoms with Crippen LogP contribution >= 0.6 is 11.3 Å². The van der Waals surface area contributed by atoms with Gasteiger partial charge in [0, 0.05) is 43.6 Å². The second-order valence-electron chi connectivity index (χ2n) is 9.20. The van der Waals surface area contributed by atoms with Gasteiger partial charge < -0.3 is 29.9 Å². The number of piperidine rings is 1. The number of amides is 1. The Bertz CT molecular complexity index is 1300. The monoisotopic (exact) mass is 507 g/mol. The number of carbonyl (C=O) groups excluding carboxylic acids is 1. The van der Waals surface area contributed by atoms with Crippen LogP contribution in [0.25, 0.3) is 10.3 Å². The van der Waals surface area contributed by atoms with Crippen molar-refractivity contribution in [3.8, 4) is 0 Å². The molecule has 1 unspecified atom stereocenters. The number of fused-ring (bicyclic) bond motifs is 1. The van der Waals surface area contributed by atoms with Crippen molar-refractivity contribution in [1.82, 2.24) is 20.3 Å². The highest BCUT2D eigenvalue weighted by Gasteiger charge is 2.27. The van der Waals surface area contributed by atoms with Crippen molar-refractivity contribution < 1.29 is 14.3 Å². The van der Waals surface area contributed by atoms with Crippen LogP contribution in [0, 0.1) is 6.92 Å². The third kappa shape index (κ3) is 4.68. The smallest absolute Gasteiger partial charge is 0.275 e. The summed E-state index contributed by atoms with van der Waals surface area (Å²) < 4.78 is 12.2. The Morgan fingerprint density at radius 2 is 1.94 bits per heavy atom. The molecule has 2 N–H and O–H groups in total. The molecule has 0 aromatic carbocycles. The lowest BCUT2D eigenvalue weighted by Gasteiger charge is -2.29. The van der Waals surface area contributed by atoms with Crippen LogP contribution in [0.4, 0.5) is 16.6 Å². The summed E-state index contributed by atoms with van der Waals surface area (Å²) in [5, 5.41) is 7.21. The van der Waals surface area contributed by atoms with Gasteiger partial charge in [0.2, 0.25) is 0 Å². The summed E-state index contributed by atoms with van der Waals surface area (Å²) in [6, 6.07) is 5.82. The quantitative estimate of drug-likeness (QED) is 0.538. The zero-order valence-corrected chi connectivity index (χ0v) is 21.0. The predicted octanol–water partition coefficient (Wildman–Crippen LogP) is 3.32. The second kappa shape index (κ2) is 9.90. The Morgan fingerprint density at radius 1 is 1.11 bits per heavy atom. The molecule has 0 radical (unpaired) electrons. The number of nitrogens with one attached hydrogen (secondary N) is 2. The van der Waals surface area contributed by atoms with E-state index >= 15 is 0 Å². The Morgan fingerprint density at radius 3 is 2.75 bits per heavy atom. The molecule has 3 aliphatic heterocycles. The minimum Gasteiger partial charge on any atom is -0.472 e. The van der Waals surface area contributed by atoms with Crippen LogP contribution in [0.2, 0.25) is 0 Å². The first-order valence-corrected chi connectivity index (χ1v) is 13.2. The molecule has 6 heterocycles. The molecule has 6 rings (SSSR count). The van der Waals surface area contributed by atoms with E-state index in [1.165, 1.54) is 12.7 Å². The van der Waals surface area contributed by atoms with Crippen molar-refractivity contribution in [1.29, 1.82) is 0 Å². The average molecular weight is 508 g/mol. The fourth-order valence-corrected chi connectivity index (χ4v) is 5.72. The maximum atomic E-state index is 13.3. The van der Waals surface area contributed by atoms with Crippen LogP contribution in [-0.4, -0.2) is 60.3 Å². The molecular weight excluding hydrogens is 478 g/mol. The van der Waals surface area contributed by atoms with Gasteiger partial charge in [-0.15, -0.1) is 0 Å². The summed E-state index contributed by atoms with van der Waals surface area (Å²) in [5.74, 6) is 0.510. The van der Waals surface area contributed by atoms with Crippen molar-refractivity contribution in [3.05, 3.63) is 47.6 Å². The highest BCUT2D eigenvalue weighted by Crippen LogP contribution is 2.36. The zero-order valence-electron chi connectivity index (χ0n) is 20.2. The Balaban J connectivity index is 1.26. The summed E-state index contributed by atoms with van der Waals surface area (Å²) in [5.41, 5.74) is 3.59. The molecule has 1 amide bonds. The van der Waals surface area contributed by atoms with Gasteiger partial charge in [-0.3, -0.25) is 9.78 Å². The van der Waals surface area contributed by atoms with E-state index in [9.17, 15) is 4.79 Å². The summed E-state index contributed by atoms with van der Waals surface area (Å²) in [7, 11) is 0. The topological polar surface area (TPSA) is 105 Å². The zero-order chi connectivity index (χ0) is 24.5. The summed E-state index contributed by atoms with van der Waals surface area (Å²) in [6.45, 7) is 6.79. The van der Waals surface area contributed by atoms with Crippen molar-refractivity contribution in [2.45, 2.75) is 32.4 Å². The van der Waals surface area contributed by atoms with Gasteiger partial charge >= 0.3 is 0 Å². The van der Waals surface area contributed by atoms with E-state index < -0.39 is 6.23 Å². The molecule has 188 valence electrons. The highest BCUT2D eigenvalue weighted by atomic mass is 32.1. The fourth-order valence-electron chi connectivity index (χ4n) is 4.72. The van der Waals surface area contributed by atoms with Crippen molar-refractivity contribution in [2.75, 3.05) is 54.5 Å². The first kappa shape index (κ1) is 23.0. The van der Waals surface area contributed by atoms with Gasteiger partial charge in [-0.05, 0) is 44.4 Å². The first-order valence-electron chi connectivity index (χ1n) is 12.4. The third-order valence-electron chi connectivity index (χ3n) is 6.61. The molecule has 1 atom stereocenters. The molecule has 36 heavy (non-hydrogen) atoms. The van der Waals surface area contributed by atoms with Crippen LogP contribution in [-0.2, 0) is 14.3 Å². The van der Waals surface area contributed by atoms with Gasteiger partial charge in [-0.2, -0.15) is 4.98 Å². The van der Waals surface area contributed by atoms with Gasteiger partial charge in [0.1, 0.15) is 12.0 Å². The van der Waals surface area contributed by atoms with Gasteiger partial charge in [0.15, 0.2) is 22.8 Å². The Hall–Kier alpha value is -3.44. The van der Waals surface area contributed by atoms with Crippen LogP contribution in [0.5, 0.6) is 0 Å². The van der Waals surface area contributed by atoms with E-state index in [4.69, 9.17) is 19.4 Å². The molecule has 2 saturated heterocycles. The maximum absolute atomic E-state index is 13.3. The number of rotatable bonds is 5. The molecule has 0 saturated carbocycles. The molecule has 3 aromatic heterocycles. The lowest BCUT2D eigenvalue weighted by molar-refractivity contribution is -0.113. The largest absolute Gasteiger partial charge is 0.472 e. The standard InChI is InChI=1S/C25H29N7O3S/c1-16-13-17(5-6-26-16)24-28-19(15-35-24)23(33)27-18-14-20-21(29-22(18)31-7-3-2-4-8-31)30-25(36-20)32-9-11-34-12-10-32/h5-6,13-15,24,28H,2-4,7-12H2,1H3,(H,27,33). The number of morpholine rings is 1. The molecule has 0 spiro atoms. The molecular formula is C25H29N7O3S. The molecule has 3 aromatic rings. The molecule has 11 heteroatoms. The van der Waals surface area contributed by atoms with Crippen LogP contribution in [0.15, 0.2) is 36.4 Å². The van der Waals surface area contributed by atoms with E-state index in [0.717, 1.165) is 71.6 Å². The minimum atomic E-state index is -0.424. The number of ether oxygens (including phenoxy) is 2.